The van der Waals surface area contributed by atoms with Gasteiger partial charge in [0.05, 0.1) is 0 Å². The molecule has 0 spiro atoms. The van der Waals surface area contributed by atoms with Gasteiger partial charge < -0.3 is 9.47 Å². The summed E-state index contributed by atoms with van der Waals surface area (Å²) in [5, 5.41) is 0. The third kappa shape index (κ3) is 9.75. The van der Waals surface area contributed by atoms with E-state index in [9.17, 15) is 0 Å². The van der Waals surface area contributed by atoms with E-state index in [1.54, 1.807) is 14.2 Å². The highest BCUT2D eigenvalue weighted by Gasteiger charge is 2.27. The predicted octanol–water partition coefficient (Wildman–Crippen LogP) is 5.26. The van der Waals surface area contributed by atoms with Crippen LogP contribution in [0.4, 0.5) is 0 Å². The van der Waals surface area contributed by atoms with Crippen molar-refractivity contribution in [3.05, 3.63) is 0 Å². The number of rotatable bonds is 14. The van der Waals surface area contributed by atoms with Crippen molar-refractivity contribution in [2.24, 2.45) is 0 Å². The largest absolute Gasteiger partial charge is 0.353 e. The van der Waals surface area contributed by atoms with Gasteiger partial charge in [0.25, 0.3) is 0 Å². The summed E-state index contributed by atoms with van der Waals surface area (Å²) in [6, 6.07) is 0. The van der Waals surface area contributed by atoms with Gasteiger partial charge in [0.2, 0.25) is 0 Å². The minimum absolute atomic E-state index is 0.334. The van der Waals surface area contributed by atoms with Crippen LogP contribution in [0.2, 0.25) is 0 Å². The second-order valence-corrected chi connectivity index (χ2v) is 6.27. The highest BCUT2D eigenvalue weighted by atomic mass is 32.2. The molecule has 0 radical (unpaired) electrons. The lowest BCUT2D eigenvalue weighted by Gasteiger charge is -2.31. The summed E-state index contributed by atoms with van der Waals surface area (Å²) in [4.78, 5) is 0. The van der Waals surface area contributed by atoms with Crippen LogP contribution in [0.25, 0.3) is 0 Å². The molecule has 0 atom stereocenters. The van der Waals surface area contributed by atoms with Crippen LogP contribution in [0.5, 0.6) is 0 Å². The van der Waals surface area contributed by atoms with E-state index >= 15 is 0 Å². The number of methoxy groups -OCH3 is 2. The van der Waals surface area contributed by atoms with Crippen LogP contribution in [0.15, 0.2) is 0 Å². The normalized spacial score (nSPS) is 12.0. The summed E-state index contributed by atoms with van der Waals surface area (Å²) in [5.41, 5.74) is 0. The van der Waals surface area contributed by atoms with Crippen molar-refractivity contribution in [3.8, 4) is 0 Å². The highest BCUT2D eigenvalue weighted by Crippen LogP contribution is 2.26. The van der Waals surface area contributed by atoms with E-state index in [0.717, 1.165) is 12.8 Å². The average Bonchev–Trinajstić information content (AvgIpc) is 2.45. The van der Waals surface area contributed by atoms with Crippen molar-refractivity contribution in [3.63, 3.8) is 0 Å². The van der Waals surface area contributed by atoms with Gasteiger partial charge in [-0.15, -0.1) is 0 Å². The summed E-state index contributed by atoms with van der Waals surface area (Å²) in [7, 11) is 3.56. The van der Waals surface area contributed by atoms with Crippen molar-refractivity contribution < 1.29 is 9.47 Å². The molecule has 0 aromatic carbocycles. The van der Waals surface area contributed by atoms with Crippen molar-refractivity contribution in [2.75, 3.05) is 26.2 Å². The fourth-order valence-corrected chi connectivity index (χ4v) is 2.89. The highest BCUT2D eigenvalue weighted by molar-refractivity contribution is 7.98. The zero-order valence-electron chi connectivity index (χ0n) is 13.5. The SMILES string of the molecule is CCCCCCCCCC(CCCSC)(OC)OC. The Hall–Kier alpha value is 0.270. The summed E-state index contributed by atoms with van der Waals surface area (Å²) in [5.74, 6) is 0.852. The smallest absolute Gasteiger partial charge is 0.167 e. The Morgan fingerprint density at radius 1 is 0.789 bits per heavy atom. The lowest BCUT2D eigenvalue weighted by molar-refractivity contribution is -0.215. The first-order valence-electron chi connectivity index (χ1n) is 7.84. The molecule has 0 bridgehead atoms. The third-order valence-electron chi connectivity index (χ3n) is 3.81. The first kappa shape index (κ1) is 19.3. The van der Waals surface area contributed by atoms with Crippen LogP contribution in [0, 0.1) is 0 Å². The number of unbranched alkanes of at least 4 members (excludes halogenated alkanes) is 6. The van der Waals surface area contributed by atoms with E-state index in [-0.39, 0.29) is 5.79 Å². The maximum Gasteiger partial charge on any atom is 0.167 e. The standard InChI is InChI=1S/C16H34O2S/c1-5-6-7-8-9-10-11-13-16(17-2,18-3)14-12-15-19-4/h5-15H2,1-4H3. The molecule has 19 heavy (non-hydrogen) atoms. The van der Waals surface area contributed by atoms with Crippen LogP contribution < -0.4 is 0 Å². The molecule has 0 amide bonds. The zero-order valence-corrected chi connectivity index (χ0v) is 14.3. The van der Waals surface area contributed by atoms with E-state index in [1.807, 2.05) is 11.8 Å². The lowest BCUT2D eigenvalue weighted by atomic mass is 10.0. The fourth-order valence-electron chi connectivity index (χ4n) is 2.45. The van der Waals surface area contributed by atoms with E-state index < -0.39 is 0 Å². The van der Waals surface area contributed by atoms with Crippen LogP contribution in [-0.2, 0) is 9.47 Å². The van der Waals surface area contributed by atoms with Crippen molar-refractivity contribution >= 4 is 11.8 Å². The average molecular weight is 291 g/mol. The van der Waals surface area contributed by atoms with Gasteiger partial charge in [-0.05, 0) is 24.9 Å². The molecule has 0 aliphatic carbocycles. The predicted molar refractivity (Wildman–Crippen MR) is 87.0 cm³/mol. The minimum atomic E-state index is -0.334. The molecule has 0 saturated carbocycles. The second-order valence-electron chi connectivity index (χ2n) is 5.29. The van der Waals surface area contributed by atoms with Gasteiger partial charge in [0.1, 0.15) is 0 Å². The molecule has 0 unspecified atom stereocenters. The van der Waals surface area contributed by atoms with Crippen molar-refractivity contribution in [1.29, 1.82) is 0 Å². The zero-order chi connectivity index (χ0) is 14.4. The van der Waals surface area contributed by atoms with Crippen LogP contribution in [0.1, 0.15) is 71.1 Å². The molecule has 0 rings (SSSR count). The molecule has 0 N–H and O–H groups in total. The monoisotopic (exact) mass is 290 g/mol. The first-order chi connectivity index (χ1) is 9.24. The first-order valence-corrected chi connectivity index (χ1v) is 9.23. The van der Waals surface area contributed by atoms with Gasteiger partial charge in [-0.25, -0.2) is 0 Å². The number of thioether (sulfide) groups is 1. The van der Waals surface area contributed by atoms with Gasteiger partial charge in [-0.3, -0.25) is 0 Å². The number of ether oxygens (including phenoxy) is 2. The molecular weight excluding hydrogens is 256 g/mol. The quantitative estimate of drug-likeness (QED) is 0.321. The van der Waals surface area contributed by atoms with Crippen molar-refractivity contribution in [1.82, 2.24) is 0 Å². The lowest BCUT2D eigenvalue weighted by Crippen LogP contribution is -2.33. The van der Waals surface area contributed by atoms with E-state index in [1.165, 1.54) is 57.1 Å². The molecule has 116 valence electrons. The Labute approximate surface area is 125 Å². The maximum atomic E-state index is 5.65. The van der Waals surface area contributed by atoms with Crippen LogP contribution >= 0.6 is 11.8 Å². The molecule has 0 aliphatic rings. The number of hydrogen-bond acceptors (Lipinski definition) is 3. The van der Waals surface area contributed by atoms with E-state index in [2.05, 4.69) is 13.2 Å². The molecule has 3 heteroatoms. The minimum Gasteiger partial charge on any atom is -0.353 e. The van der Waals surface area contributed by atoms with Gasteiger partial charge in [0.15, 0.2) is 5.79 Å². The fraction of sp³-hybridized carbons (Fsp3) is 1.00. The summed E-state index contributed by atoms with van der Waals surface area (Å²) >= 11 is 1.89. The molecule has 2 nitrogen and oxygen atoms in total. The molecule has 0 aromatic rings. The number of hydrogen-bond donors (Lipinski definition) is 0. The van der Waals surface area contributed by atoms with Gasteiger partial charge >= 0.3 is 0 Å². The maximum absolute atomic E-state index is 5.65. The summed E-state index contributed by atoms with van der Waals surface area (Å²) < 4.78 is 11.3. The Morgan fingerprint density at radius 3 is 1.84 bits per heavy atom. The second kappa shape index (κ2) is 13.3. The Bertz CT molecular complexity index is 182. The third-order valence-corrected chi connectivity index (χ3v) is 4.51. The summed E-state index contributed by atoms with van der Waals surface area (Å²) in [6.07, 6.45) is 14.7. The molecule has 0 heterocycles. The van der Waals surface area contributed by atoms with E-state index in [4.69, 9.17) is 9.47 Å². The molecule has 0 aliphatic heterocycles. The molecule has 0 fully saturated rings. The molecular formula is C16H34O2S. The van der Waals surface area contributed by atoms with Crippen LogP contribution in [-0.4, -0.2) is 32.0 Å². The van der Waals surface area contributed by atoms with Gasteiger partial charge in [0, 0.05) is 27.1 Å². The summed E-state index contributed by atoms with van der Waals surface area (Å²) in [6.45, 7) is 2.26. The molecule has 0 saturated heterocycles. The Morgan fingerprint density at radius 2 is 1.32 bits per heavy atom. The topological polar surface area (TPSA) is 18.5 Å². The van der Waals surface area contributed by atoms with Crippen molar-refractivity contribution in [2.45, 2.75) is 76.9 Å². The molecule has 0 aromatic heterocycles. The van der Waals surface area contributed by atoms with Gasteiger partial charge in [-0.2, -0.15) is 11.8 Å². The van der Waals surface area contributed by atoms with E-state index in [0.29, 0.717) is 0 Å². The Kier molecular flexibility index (Phi) is 13.5. The van der Waals surface area contributed by atoms with Gasteiger partial charge in [-0.1, -0.05) is 45.4 Å². The van der Waals surface area contributed by atoms with Crippen LogP contribution in [0.3, 0.4) is 0 Å². The Balaban J connectivity index is 3.74.